The van der Waals surface area contributed by atoms with Gasteiger partial charge in [0.15, 0.2) is 0 Å². The monoisotopic (exact) mass is 773 g/mol. The van der Waals surface area contributed by atoms with Crippen LogP contribution in [0.25, 0.3) is 0 Å². The average Bonchev–Trinajstić information content (AvgIpc) is 3.05. The van der Waals surface area contributed by atoms with Gasteiger partial charge in [-0.05, 0) is 70.7 Å². The molecule has 0 atom stereocenters. The van der Waals surface area contributed by atoms with Crippen LogP contribution in [0.15, 0.2) is 97.1 Å². The topological polar surface area (TPSA) is 229 Å². The molecule has 0 amide bonds. The summed E-state index contributed by atoms with van der Waals surface area (Å²) in [5.74, 6) is -5.61. The smallest absolute Gasteiger partial charge is 0.545 e. The first-order valence-electron chi connectivity index (χ1n) is 12.5. The Kier molecular flexibility index (Phi) is 20.6. The Morgan fingerprint density at radius 3 is 0.531 bits per heavy atom. The number of hydrogen-bond donors (Lipinski definition) is 0. The number of carboxylic acids is 4. The van der Waals surface area contributed by atoms with Crippen molar-refractivity contribution in [2.75, 3.05) is 0 Å². The van der Waals surface area contributed by atoms with Crippen LogP contribution in [-0.4, -0.2) is 82.6 Å². The Morgan fingerprint density at radius 1 is 0.327 bits per heavy atom. The SMILES string of the molecule is O=C([O-])c1ccccc1C(=O)Cl.O=C([O-])c1ccccc1C(=O)Cl.O=C([O-])c1ccccc1C(=O)Cl.O=C([O-])c1ccccc1C(=O)Cl.[Ca+2].[H+]. The van der Waals surface area contributed by atoms with Gasteiger partial charge < -0.3 is 39.6 Å². The Balaban J connectivity index is 0. The fourth-order valence-corrected chi connectivity index (χ4v) is 3.99. The van der Waals surface area contributed by atoms with E-state index in [1.807, 2.05) is 0 Å². The molecule has 4 aromatic carbocycles. The zero-order valence-electron chi connectivity index (χ0n) is 25.4. The van der Waals surface area contributed by atoms with Crippen LogP contribution in [0.1, 0.15) is 84.3 Å². The Morgan fingerprint density at radius 2 is 0.449 bits per heavy atom. The number of benzene rings is 4. The predicted molar refractivity (Wildman–Crippen MR) is 171 cm³/mol. The molecule has 17 heteroatoms. The van der Waals surface area contributed by atoms with Gasteiger partial charge in [0, 0.05) is 44.5 Å². The molecule has 0 unspecified atom stereocenters. The third-order valence-corrected chi connectivity index (χ3v) is 6.25. The Labute approximate surface area is 328 Å². The van der Waals surface area contributed by atoms with Crippen LogP contribution in [0.2, 0.25) is 0 Å². The van der Waals surface area contributed by atoms with Gasteiger partial charge in [-0.2, -0.15) is 0 Å². The first-order valence-corrected chi connectivity index (χ1v) is 14.0. The summed E-state index contributed by atoms with van der Waals surface area (Å²) in [5.41, 5.74) is -0.901. The molecule has 0 spiro atoms. The van der Waals surface area contributed by atoms with Crippen molar-refractivity contribution in [3.8, 4) is 0 Å². The maximum atomic E-state index is 10.6. The Bertz CT molecular complexity index is 1480. The van der Waals surface area contributed by atoms with E-state index in [0.29, 0.717) is 0 Å². The van der Waals surface area contributed by atoms with Crippen LogP contribution in [0, 0.1) is 0 Å². The normalized spacial score (nSPS) is 9.22. The molecule has 0 bridgehead atoms. The number of rotatable bonds is 8. The van der Waals surface area contributed by atoms with Crippen molar-refractivity contribution in [3.05, 3.63) is 142 Å². The molecule has 0 aliphatic heterocycles. The van der Waals surface area contributed by atoms with Crippen LogP contribution < -0.4 is 20.4 Å². The van der Waals surface area contributed by atoms with Gasteiger partial charge in [0.2, 0.25) is 0 Å². The van der Waals surface area contributed by atoms with Crippen LogP contribution in [0.4, 0.5) is 0 Å². The molecule has 0 saturated carbocycles. The van der Waals surface area contributed by atoms with Gasteiger partial charge in [-0.3, -0.25) is 19.2 Å². The molecule has 0 heterocycles. The Hall–Kier alpha value is -4.14. The summed E-state index contributed by atoms with van der Waals surface area (Å²) >= 11 is 20.5. The average molecular weight is 775 g/mol. The largest absolute Gasteiger partial charge is 2.00 e. The van der Waals surface area contributed by atoms with Crippen molar-refractivity contribution < 1.29 is 60.2 Å². The summed E-state index contributed by atoms with van der Waals surface area (Å²) < 4.78 is 0. The van der Waals surface area contributed by atoms with Crippen LogP contribution >= 0.6 is 46.4 Å². The van der Waals surface area contributed by atoms with E-state index in [-0.39, 0.29) is 83.7 Å². The third kappa shape index (κ3) is 14.9. The van der Waals surface area contributed by atoms with Gasteiger partial charge in [-0.1, -0.05) is 72.8 Å². The molecule has 0 aliphatic rings. The van der Waals surface area contributed by atoms with Crippen LogP contribution in [0.3, 0.4) is 0 Å². The van der Waals surface area contributed by atoms with E-state index in [1.54, 1.807) is 0 Å². The minimum Gasteiger partial charge on any atom is -0.545 e. The minimum absolute atomic E-state index is 0. The fraction of sp³-hybridized carbons (Fsp3) is 0. The predicted octanol–water partition coefficient (Wildman–Crippen LogP) is 1.45. The van der Waals surface area contributed by atoms with Gasteiger partial charge in [-0.25, -0.2) is 0 Å². The molecule has 4 rings (SSSR count). The molecular weight excluding hydrogens is 758 g/mol. The van der Waals surface area contributed by atoms with E-state index in [9.17, 15) is 58.8 Å². The van der Waals surface area contributed by atoms with E-state index in [2.05, 4.69) is 0 Å². The summed E-state index contributed by atoms with van der Waals surface area (Å²) in [7, 11) is 0. The molecule has 0 radical (unpaired) electrons. The van der Waals surface area contributed by atoms with Gasteiger partial charge in [0.1, 0.15) is 0 Å². The van der Waals surface area contributed by atoms with E-state index in [0.717, 1.165) is 0 Å². The van der Waals surface area contributed by atoms with Crippen LogP contribution in [0.5, 0.6) is 0 Å². The van der Waals surface area contributed by atoms with Gasteiger partial charge in [0.25, 0.3) is 21.0 Å². The number of hydrogen-bond acceptors (Lipinski definition) is 12. The molecule has 0 fully saturated rings. The van der Waals surface area contributed by atoms with Gasteiger partial charge >= 0.3 is 39.2 Å². The maximum absolute atomic E-state index is 10.6. The zero-order valence-corrected chi connectivity index (χ0v) is 29.6. The molecule has 49 heavy (non-hydrogen) atoms. The summed E-state index contributed by atoms with van der Waals surface area (Å²) in [5, 5.41) is 38.4. The first-order chi connectivity index (χ1) is 22.5. The minimum atomic E-state index is -1.40. The molecule has 0 saturated heterocycles. The van der Waals surface area contributed by atoms with Crippen molar-refractivity contribution in [3.63, 3.8) is 0 Å². The zero-order chi connectivity index (χ0) is 36.6. The number of carbonyl (C=O) groups excluding carboxylic acids is 8. The summed E-state index contributed by atoms with van der Waals surface area (Å²) in [6.07, 6.45) is 0. The van der Waals surface area contributed by atoms with Gasteiger partial charge in [-0.15, -0.1) is 0 Å². The molecule has 12 nitrogen and oxygen atoms in total. The van der Waals surface area contributed by atoms with E-state index < -0.39 is 44.8 Å². The van der Waals surface area contributed by atoms with Gasteiger partial charge in [0.05, 0.1) is 23.9 Å². The number of carbonyl (C=O) groups is 8. The second-order valence-corrected chi connectivity index (χ2v) is 9.80. The number of halogens is 4. The van der Waals surface area contributed by atoms with Crippen molar-refractivity contribution in [2.24, 2.45) is 0 Å². The van der Waals surface area contributed by atoms with Crippen molar-refractivity contribution >= 4 is 129 Å². The van der Waals surface area contributed by atoms with E-state index in [1.165, 1.54) is 97.1 Å². The van der Waals surface area contributed by atoms with E-state index >= 15 is 0 Å². The molecular formula is C32H17CaCl4O12-. The summed E-state index contributed by atoms with van der Waals surface area (Å²) in [6, 6.07) is 22.5. The fourth-order valence-electron chi connectivity index (χ4n) is 3.33. The van der Waals surface area contributed by atoms with Crippen LogP contribution in [-0.2, 0) is 0 Å². The van der Waals surface area contributed by atoms with Crippen molar-refractivity contribution in [1.82, 2.24) is 0 Å². The second-order valence-electron chi connectivity index (χ2n) is 8.43. The molecule has 0 aliphatic carbocycles. The second kappa shape index (κ2) is 22.5. The quantitative estimate of drug-likeness (QED) is 0.183. The number of carboxylic acid groups (broad SMARTS) is 4. The molecule has 0 aromatic heterocycles. The standard InChI is InChI=1S/4C8H5ClO3.Ca/c4*9-7(10)5-3-1-2-4-6(5)8(11)12;/h4*1-4H,(H,11,12);/q;;;;+2/p-3. The van der Waals surface area contributed by atoms with Crippen molar-refractivity contribution in [1.29, 1.82) is 0 Å². The summed E-state index contributed by atoms with van der Waals surface area (Å²) in [6.45, 7) is 0. The van der Waals surface area contributed by atoms with E-state index in [4.69, 9.17) is 46.4 Å². The third-order valence-electron chi connectivity index (χ3n) is 5.43. The maximum Gasteiger partial charge on any atom is 2.00 e. The summed E-state index contributed by atoms with van der Waals surface area (Å²) in [4.78, 5) is 84.2. The first kappa shape index (κ1) is 44.9. The number of aromatic carboxylic acids is 4. The molecule has 0 N–H and O–H groups in total. The molecule has 4 aromatic rings. The molecule has 248 valence electrons. The van der Waals surface area contributed by atoms with Crippen molar-refractivity contribution in [2.45, 2.75) is 0 Å².